The van der Waals surface area contributed by atoms with Crippen molar-refractivity contribution in [1.82, 2.24) is 25.0 Å². The number of hydrogen-bond donors (Lipinski definition) is 1. The predicted octanol–water partition coefficient (Wildman–Crippen LogP) is 3.80. The van der Waals surface area contributed by atoms with Crippen LogP contribution in [0, 0.1) is 0 Å². The van der Waals surface area contributed by atoms with Crippen molar-refractivity contribution in [1.29, 1.82) is 0 Å². The molecule has 0 radical (unpaired) electrons. The van der Waals surface area contributed by atoms with Crippen molar-refractivity contribution in [2.75, 3.05) is 6.54 Å². The average Bonchev–Trinajstić information content (AvgIpc) is 3.29. The summed E-state index contributed by atoms with van der Waals surface area (Å²) in [6.45, 7) is 5.71. The Morgan fingerprint density at radius 1 is 1.00 bits per heavy atom. The van der Waals surface area contributed by atoms with E-state index in [2.05, 4.69) is 31.6 Å². The van der Waals surface area contributed by atoms with E-state index in [1.54, 1.807) is 0 Å². The normalized spacial score (nSPS) is 11.3. The molecule has 0 aliphatic heterocycles. The van der Waals surface area contributed by atoms with Crippen LogP contribution in [0.4, 0.5) is 0 Å². The molecule has 6 nitrogen and oxygen atoms in total. The van der Waals surface area contributed by atoms with E-state index in [9.17, 15) is 0 Å². The van der Waals surface area contributed by atoms with Crippen LogP contribution in [0.1, 0.15) is 11.7 Å². The van der Waals surface area contributed by atoms with E-state index in [0.717, 1.165) is 22.4 Å². The fourth-order valence-electron chi connectivity index (χ4n) is 2.87. The maximum absolute atomic E-state index is 5.42. The van der Waals surface area contributed by atoms with Crippen molar-refractivity contribution in [3.63, 3.8) is 0 Å². The lowest BCUT2D eigenvalue weighted by Gasteiger charge is -2.16. The number of nitrogens with one attached hydrogen (secondary N) is 1. The quantitative estimate of drug-likeness (QED) is 0.516. The number of para-hydroxylation sites is 2. The van der Waals surface area contributed by atoms with Gasteiger partial charge in [0.15, 0.2) is 0 Å². The van der Waals surface area contributed by atoms with Crippen LogP contribution in [0.15, 0.2) is 71.8 Å². The van der Waals surface area contributed by atoms with Crippen LogP contribution in [-0.2, 0) is 13.1 Å². The van der Waals surface area contributed by atoms with Crippen LogP contribution in [0.25, 0.3) is 22.4 Å². The van der Waals surface area contributed by atoms with Gasteiger partial charge in [0.1, 0.15) is 5.82 Å². The Kier molecular flexibility index (Phi) is 4.57. The minimum Gasteiger partial charge on any atom is -0.341 e. The van der Waals surface area contributed by atoms with Crippen LogP contribution in [-0.4, -0.2) is 31.6 Å². The number of nitrogens with zero attached hydrogens (tertiary/aromatic N) is 4. The van der Waals surface area contributed by atoms with Crippen molar-refractivity contribution >= 4 is 11.0 Å². The van der Waals surface area contributed by atoms with E-state index in [-0.39, 0.29) is 0 Å². The highest BCUT2D eigenvalue weighted by Gasteiger charge is 2.14. The van der Waals surface area contributed by atoms with Crippen LogP contribution < -0.4 is 0 Å². The Morgan fingerprint density at radius 2 is 1.81 bits per heavy atom. The lowest BCUT2D eigenvalue weighted by atomic mass is 10.2. The molecule has 0 amide bonds. The molecule has 1 N–H and O–H groups in total. The summed E-state index contributed by atoms with van der Waals surface area (Å²) in [5.74, 6) is 2.07. The number of rotatable bonds is 7. The predicted molar refractivity (Wildman–Crippen MR) is 100 cm³/mol. The molecule has 0 saturated heterocycles. The minimum atomic E-state index is 0.531. The van der Waals surface area contributed by atoms with Crippen LogP contribution >= 0.6 is 0 Å². The number of aromatic amines is 1. The zero-order valence-corrected chi connectivity index (χ0v) is 14.3. The molecule has 0 saturated carbocycles. The van der Waals surface area contributed by atoms with Crippen LogP contribution in [0.5, 0.6) is 0 Å². The molecule has 0 bridgehead atoms. The largest absolute Gasteiger partial charge is 0.341 e. The second-order valence-electron chi connectivity index (χ2n) is 6.04. The summed E-state index contributed by atoms with van der Waals surface area (Å²) >= 11 is 0. The standard InChI is InChI=1S/C20H19N5O/c1-2-12-25(13-18-21-16-10-6-7-11-17(16)22-18)14-19-23-20(24-26-19)15-8-4-3-5-9-15/h2-11H,1,12-14H2,(H,21,22). The summed E-state index contributed by atoms with van der Waals surface area (Å²) < 4.78 is 5.42. The summed E-state index contributed by atoms with van der Waals surface area (Å²) in [5, 5.41) is 4.08. The van der Waals surface area contributed by atoms with Gasteiger partial charge in [-0.3, -0.25) is 4.90 Å². The van der Waals surface area contributed by atoms with E-state index in [1.165, 1.54) is 0 Å². The molecule has 2 aromatic carbocycles. The summed E-state index contributed by atoms with van der Waals surface area (Å²) in [7, 11) is 0. The molecule has 2 aromatic heterocycles. The van der Waals surface area contributed by atoms with Crippen LogP contribution in [0.3, 0.4) is 0 Å². The third kappa shape index (κ3) is 3.55. The number of H-pyrrole nitrogens is 1. The van der Waals surface area contributed by atoms with Crippen LogP contribution in [0.2, 0.25) is 0 Å². The molecule has 0 atom stereocenters. The van der Waals surface area contributed by atoms with Gasteiger partial charge >= 0.3 is 0 Å². The van der Waals surface area contributed by atoms with Gasteiger partial charge in [0, 0.05) is 12.1 Å². The van der Waals surface area contributed by atoms with Crippen molar-refractivity contribution < 1.29 is 4.52 Å². The summed E-state index contributed by atoms with van der Waals surface area (Å²) in [6, 6.07) is 17.8. The van der Waals surface area contributed by atoms with Gasteiger partial charge in [0.05, 0.1) is 24.1 Å². The summed E-state index contributed by atoms with van der Waals surface area (Å²) in [4.78, 5) is 14.6. The Bertz CT molecular complexity index is 972. The molecule has 4 aromatic rings. The van der Waals surface area contributed by atoms with E-state index >= 15 is 0 Å². The van der Waals surface area contributed by atoms with E-state index < -0.39 is 0 Å². The number of hydrogen-bond acceptors (Lipinski definition) is 5. The van der Waals surface area contributed by atoms with Gasteiger partial charge in [-0.2, -0.15) is 4.98 Å². The van der Waals surface area contributed by atoms with Crippen molar-refractivity contribution in [3.05, 3.63) is 79.0 Å². The molecule has 26 heavy (non-hydrogen) atoms. The van der Waals surface area contributed by atoms with Gasteiger partial charge < -0.3 is 9.51 Å². The molecule has 130 valence electrons. The number of benzene rings is 2. The molecule has 2 heterocycles. The molecule has 0 unspecified atom stereocenters. The van der Waals surface area contributed by atoms with Gasteiger partial charge in [-0.25, -0.2) is 4.98 Å². The first-order chi connectivity index (χ1) is 12.8. The molecule has 6 heteroatoms. The summed E-state index contributed by atoms with van der Waals surface area (Å²) in [5.41, 5.74) is 2.94. The Hall–Kier alpha value is -3.25. The molecule has 0 spiro atoms. The zero-order valence-electron chi connectivity index (χ0n) is 14.3. The fourth-order valence-corrected chi connectivity index (χ4v) is 2.87. The average molecular weight is 345 g/mol. The molecule has 0 fully saturated rings. The highest BCUT2D eigenvalue weighted by atomic mass is 16.5. The third-order valence-electron chi connectivity index (χ3n) is 4.06. The second kappa shape index (κ2) is 7.33. The lowest BCUT2D eigenvalue weighted by Crippen LogP contribution is -2.23. The monoisotopic (exact) mass is 345 g/mol. The first-order valence-electron chi connectivity index (χ1n) is 8.47. The first kappa shape index (κ1) is 16.2. The third-order valence-corrected chi connectivity index (χ3v) is 4.06. The van der Waals surface area contributed by atoms with Gasteiger partial charge in [0.2, 0.25) is 11.7 Å². The van der Waals surface area contributed by atoms with Crippen molar-refractivity contribution in [3.8, 4) is 11.4 Å². The highest BCUT2D eigenvalue weighted by molar-refractivity contribution is 5.74. The molecular weight excluding hydrogens is 326 g/mol. The molecule has 0 aliphatic rings. The molecule has 4 rings (SSSR count). The van der Waals surface area contributed by atoms with E-state index in [4.69, 9.17) is 4.52 Å². The Morgan fingerprint density at radius 3 is 2.62 bits per heavy atom. The highest BCUT2D eigenvalue weighted by Crippen LogP contribution is 2.17. The summed E-state index contributed by atoms with van der Waals surface area (Å²) in [6.07, 6.45) is 1.86. The maximum Gasteiger partial charge on any atom is 0.241 e. The van der Waals surface area contributed by atoms with Gasteiger partial charge in [-0.1, -0.05) is 53.7 Å². The van der Waals surface area contributed by atoms with Crippen molar-refractivity contribution in [2.24, 2.45) is 0 Å². The first-order valence-corrected chi connectivity index (χ1v) is 8.47. The fraction of sp³-hybridized carbons (Fsp3) is 0.150. The smallest absolute Gasteiger partial charge is 0.241 e. The Balaban J connectivity index is 1.50. The SMILES string of the molecule is C=CCN(Cc1nc2ccccc2[nH]1)Cc1nc(-c2ccccc2)no1. The Labute approximate surface area is 151 Å². The molecule has 0 aliphatic carbocycles. The van der Waals surface area contributed by atoms with Gasteiger partial charge in [-0.15, -0.1) is 6.58 Å². The topological polar surface area (TPSA) is 70.8 Å². The minimum absolute atomic E-state index is 0.531. The second-order valence-corrected chi connectivity index (χ2v) is 6.04. The van der Waals surface area contributed by atoms with Gasteiger partial charge in [0.25, 0.3) is 0 Å². The molecular formula is C20H19N5O. The van der Waals surface area contributed by atoms with Crippen molar-refractivity contribution in [2.45, 2.75) is 13.1 Å². The maximum atomic E-state index is 5.42. The van der Waals surface area contributed by atoms with E-state index in [1.807, 2.05) is 60.7 Å². The zero-order chi connectivity index (χ0) is 17.8. The van der Waals surface area contributed by atoms with Gasteiger partial charge in [-0.05, 0) is 12.1 Å². The van der Waals surface area contributed by atoms with E-state index in [0.29, 0.717) is 31.3 Å². The number of aromatic nitrogens is 4. The number of imidazole rings is 1. The number of fused-ring (bicyclic) bond motifs is 1. The lowest BCUT2D eigenvalue weighted by molar-refractivity contribution is 0.235.